The summed E-state index contributed by atoms with van der Waals surface area (Å²) in [6.45, 7) is 2.01. The number of hydrogen-bond acceptors (Lipinski definition) is 3. The molecule has 0 radical (unpaired) electrons. The predicted octanol–water partition coefficient (Wildman–Crippen LogP) is 3.48. The van der Waals surface area contributed by atoms with E-state index in [1.165, 1.54) is 12.1 Å². The van der Waals surface area contributed by atoms with Gasteiger partial charge in [0, 0.05) is 20.3 Å². The van der Waals surface area contributed by atoms with Crippen LogP contribution >= 0.6 is 0 Å². The average Bonchev–Trinajstić information content (AvgIpc) is 2.48. The van der Waals surface area contributed by atoms with Crippen LogP contribution in [0.15, 0.2) is 18.2 Å². The van der Waals surface area contributed by atoms with Gasteiger partial charge in [0.2, 0.25) is 0 Å². The first-order chi connectivity index (χ1) is 10.1. The Labute approximate surface area is 127 Å². The maximum atomic E-state index is 13.0. The van der Waals surface area contributed by atoms with Gasteiger partial charge in [-0.1, -0.05) is 18.9 Å². The van der Waals surface area contributed by atoms with E-state index in [4.69, 9.17) is 13.3 Å². The lowest BCUT2D eigenvalue weighted by atomic mass is 10.0. The molecule has 6 heteroatoms. The Kier molecular flexibility index (Phi) is 8.68. The van der Waals surface area contributed by atoms with Gasteiger partial charge in [-0.2, -0.15) is 0 Å². The van der Waals surface area contributed by atoms with Gasteiger partial charge in [0.05, 0.1) is 0 Å². The van der Waals surface area contributed by atoms with Gasteiger partial charge in [-0.25, -0.2) is 8.78 Å². The highest BCUT2D eigenvalue weighted by molar-refractivity contribution is 6.36. The number of benzene rings is 1. The molecule has 0 saturated carbocycles. The van der Waals surface area contributed by atoms with E-state index in [9.17, 15) is 8.78 Å². The van der Waals surface area contributed by atoms with Gasteiger partial charge in [-0.3, -0.25) is 0 Å². The summed E-state index contributed by atoms with van der Waals surface area (Å²) in [4.78, 5) is 0. The summed E-state index contributed by atoms with van der Waals surface area (Å²) in [6, 6.07) is 4.09. The molecule has 0 aliphatic rings. The lowest BCUT2D eigenvalue weighted by Crippen LogP contribution is -2.28. The lowest BCUT2D eigenvalue weighted by Gasteiger charge is -2.17. The Morgan fingerprint density at radius 1 is 1.05 bits per heavy atom. The van der Waals surface area contributed by atoms with Crippen molar-refractivity contribution < 1.29 is 22.1 Å². The summed E-state index contributed by atoms with van der Waals surface area (Å²) in [5.74, 6) is -1.57. The number of rotatable bonds is 10. The monoisotopic (exact) mass is 318 g/mol. The van der Waals surface area contributed by atoms with Gasteiger partial charge in [0.25, 0.3) is 0 Å². The molecule has 0 heterocycles. The largest absolute Gasteiger partial charge is 0.483 e. The molecule has 1 aromatic rings. The van der Waals surface area contributed by atoms with E-state index in [0.717, 1.165) is 37.7 Å². The molecule has 3 nitrogen and oxygen atoms in total. The fraction of sp³-hybridized carbons (Fsp3) is 0.600. The molecule has 1 unspecified atom stereocenters. The molecule has 0 amide bonds. The molecule has 0 spiro atoms. The minimum Gasteiger partial charge on any atom is -0.379 e. The molecular weight excluding hydrogens is 294 g/mol. The van der Waals surface area contributed by atoms with E-state index in [1.54, 1.807) is 20.3 Å². The highest BCUT2D eigenvalue weighted by Crippen LogP contribution is 2.13. The van der Waals surface area contributed by atoms with E-state index in [0.29, 0.717) is 0 Å². The maximum absolute atomic E-state index is 13.0. The van der Waals surface area contributed by atoms with Crippen LogP contribution in [0.1, 0.15) is 38.2 Å². The molecular formula is C15H24F2O3Si. The Morgan fingerprint density at radius 2 is 1.76 bits per heavy atom. The van der Waals surface area contributed by atoms with Crippen LogP contribution in [0.25, 0.3) is 0 Å². The van der Waals surface area contributed by atoms with Crippen LogP contribution in [0, 0.1) is 11.6 Å². The topological polar surface area (TPSA) is 27.7 Å². The van der Waals surface area contributed by atoms with Crippen LogP contribution in [0.4, 0.5) is 8.78 Å². The summed E-state index contributed by atoms with van der Waals surface area (Å²) in [6.07, 6.45) is 4.82. The van der Waals surface area contributed by atoms with Crippen molar-refractivity contribution in [3.8, 4) is 0 Å². The van der Waals surface area contributed by atoms with E-state index >= 15 is 0 Å². The van der Waals surface area contributed by atoms with Crippen molar-refractivity contribution in [2.24, 2.45) is 0 Å². The highest BCUT2D eigenvalue weighted by atomic mass is 28.3. The van der Waals surface area contributed by atoms with Gasteiger partial charge in [0.15, 0.2) is 11.6 Å². The maximum Gasteiger partial charge on any atom is 0.483 e. The Bertz CT molecular complexity index is 414. The van der Waals surface area contributed by atoms with Crippen molar-refractivity contribution in [1.29, 1.82) is 0 Å². The number of aryl methyl sites for hydroxylation is 1. The second-order valence-electron chi connectivity index (χ2n) is 5.05. The molecule has 1 aromatic carbocycles. The minimum atomic E-state index is -1.95. The van der Waals surface area contributed by atoms with Crippen molar-refractivity contribution >= 4 is 9.53 Å². The second-order valence-corrected chi connectivity index (χ2v) is 6.85. The van der Waals surface area contributed by atoms with E-state index in [2.05, 4.69) is 0 Å². The lowest BCUT2D eigenvalue weighted by molar-refractivity contribution is 0.0893. The fourth-order valence-corrected chi connectivity index (χ4v) is 3.03. The Morgan fingerprint density at radius 3 is 2.38 bits per heavy atom. The van der Waals surface area contributed by atoms with Gasteiger partial charge < -0.3 is 13.3 Å². The van der Waals surface area contributed by atoms with Crippen molar-refractivity contribution in [2.45, 2.75) is 45.1 Å². The first-order valence-electron chi connectivity index (χ1n) is 7.21. The van der Waals surface area contributed by atoms with Crippen LogP contribution in [-0.2, 0) is 19.7 Å². The first kappa shape index (κ1) is 18.2. The minimum absolute atomic E-state index is 0.116. The zero-order valence-electron chi connectivity index (χ0n) is 12.9. The molecule has 1 atom stereocenters. The number of unbranched alkanes of at least 4 members (excludes halogenated alkanes) is 2. The van der Waals surface area contributed by atoms with Gasteiger partial charge >= 0.3 is 9.53 Å². The molecule has 1 rings (SSSR count). The van der Waals surface area contributed by atoms with Crippen molar-refractivity contribution in [3.63, 3.8) is 0 Å². The summed E-state index contributed by atoms with van der Waals surface area (Å²) in [5.41, 5.74) is 0.837. The Hall–Kier alpha value is -0.823. The second kappa shape index (κ2) is 10.00. The predicted molar refractivity (Wildman–Crippen MR) is 80.2 cm³/mol. The van der Waals surface area contributed by atoms with Crippen molar-refractivity contribution in [2.75, 3.05) is 14.2 Å². The van der Waals surface area contributed by atoms with E-state index in [-0.39, 0.29) is 6.10 Å². The zero-order chi connectivity index (χ0) is 15.7. The van der Waals surface area contributed by atoms with Crippen LogP contribution in [0.3, 0.4) is 0 Å². The zero-order valence-corrected chi connectivity index (χ0v) is 14.1. The third kappa shape index (κ3) is 7.13. The molecule has 120 valence electrons. The quantitative estimate of drug-likeness (QED) is 0.488. The molecule has 0 fully saturated rings. The number of halogens is 2. The molecule has 0 bridgehead atoms. The van der Waals surface area contributed by atoms with Crippen LogP contribution in [0.2, 0.25) is 0 Å². The van der Waals surface area contributed by atoms with Crippen molar-refractivity contribution in [1.82, 2.24) is 0 Å². The third-order valence-corrected chi connectivity index (χ3v) is 4.75. The summed E-state index contributed by atoms with van der Waals surface area (Å²) < 4.78 is 41.7. The van der Waals surface area contributed by atoms with Gasteiger partial charge in [-0.15, -0.1) is 0 Å². The van der Waals surface area contributed by atoms with Crippen molar-refractivity contribution in [3.05, 3.63) is 35.4 Å². The molecule has 0 N–H and O–H groups in total. The smallest absolute Gasteiger partial charge is 0.379 e. The number of hydrogen-bond donors (Lipinski definition) is 0. The van der Waals surface area contributed by atoms with Gasteiger partial charge in [0.1, 0.15) is 0 Å². The molecule has 0 aliphatic heterocycles. The normalized spacial score (nSPS) is 12.9. The van der Waals surface area contributed by atoms with Gasteiger partial charge in [-0.05, 0) is 43.9 Å². The first-order valence-corrected chi connectivity index (χ1v) is 8.63. The molecule has 21 heavy (non-hydrogen) atoms. The fourth-order valence-electron chi connectivity index (χ4n) is 2.10. The third-order valence-electron chi connectivity index (χ3n) is 3.29. The average molecular weight is 318 g/mol. The van der Waals surface area contributed by atoms with E-state index < -0.39 is 21.2 Å². The highest BCUT2D eigenvalue weighted by Gasteiger charge is 2.15. The van der Waals surface area contributed by atoms with E-state index in [1.807, 2.05) is 6.92 Å². The SMILES string of the molecule is CO[SiH](OC)OC(C)CCCCCc1ccc(F)c(F)c1. The summed E-state index contributed by atoms with van der Waals surface area (Å²) in [5, 5.41) is 0. The standard InChI is InChI=1S/C15H24F2O3Si/c1-12(20-21(18-2)19-3)7-5-4-6-8-13-9-10-14(16)15(17)11-13/h9-12,21H,4-8H2,1-3H3. The Balaban J connectivity index is 2.15. The summed E-state index contributed by atoms with van der Waals surface area (Å²) >= 11 is 0. The summed E-state index contributed by atoms with van der Waals surface area (Å²) in [7, 11) is 1.24. The molecule has 0 aliphatic carbocycles. The van der Waals surface area contributed by atoms with Crippen LogP contribution < -0.4 is 0 Å². The molecule has 0 saturated heterocycles. The molecule has 0 aromatic heterocycles. The van der Waals surface area contributed by atoms with Crippen LogP contribution in [-0.4, -0.2) is 29.9 Å². The van der Waals surface area contributed by atoms with Crippen LogP contribution in [0.5, 0.6) is 0 Å².